The van der Waals surface area contributed by atoms with Crippen LogP contribution >= 0.6 is 0 Å². The zero-order chi connectivity index (χ0) is 10.8. The molecule has 1 aliphatic heterocycles. The second-order valence-corrected chi connectivity index (χ2v) is 6.11. The molecule has 1 nitrogen and oxygen atoms in total. The molecule has 2 bridgehead atoms. The molecule has 1 aromatic rings. The molecule has 1 heterocycles. The SMILES string of the molecule is CN1CC2CC3CCC2(C1)c1ccccc13. The van der Waals surface area contributed by atoms with Gasteiger partial charge in [0.1, 0.15) is 0 Å². The lowest BCUT2D eigenvalue weighted by molar-refractivity contribution is 0.190. The van der Waals surface area contributed by atoms with Crippen molar-refractivity contribution in [2.24, 2.45) is 5.92 Å². The van der Waals surface area contributed by atoms with E-state index in [1.807, 2.05) is 0 Å². The van der Waals surface area contributed by atoms with Crippen LogP contribution in [0.2, 0.25) is 0 Å². The number of likely N-dealkylation sites (tertiary alicyclic amines) is 1. The van der Waals surface area contributed by atoms with E-state index in [0.29, 0.717) is 5.41 Å². The predicted molar refractivity (Wildman–Crippen MR) is 65.7 cm³/mol. The van der Waals surface area contributed by atoms with E-state index >= 15 is 0 Å². The molecule has 0 aromatic heterocycles. The van der Waals surface area contributed by atoms with Crippen LogP contribution in [0.15, 0.2) is 24.3 Å². The Balaban J connectivity index is 1.94. The van der Waals surface area contributed by atoms with Crippen molar-refractivity contribution in [2.45, 2.75) is 30.6 Å². The maximum atomic E-state index is 2.55. The second kappa shape index (κ2) is 2.89. The standard InChI is InChI=1S/C15H19N/c1-16-9-12-8-11-6-7-15(12,10-16)14-5-3-2-4-13(11)14/h2-5,11-12H,6-10H2,1H3. The molecule has 2 fully saturated rings. The van der Waals surface area contributed by atoms with E-state index in [2.05, 4.69) is 36.2 Å². The third-order valence-corrected chi connectivity index (χ3v) is 5.31. The van der Waals surface area contributed by atoms with Crippen molar-refractivity contribution in [1.82, 2.24) is 4.90 Å². The predicted octanol–water partition coefficient (Wildman–Crippen LogP) is 2.77. The Kier molecular flexibility index (Phi) is 1.67. The third-order valence-electron chi connectivity index (χ3n) is 5.31. The van der Waals surface area contributed by atoms with Crippen LogP contribution < -0.4 is 0 Å². The van der Waals surface area contributed by atoms with Crippen LogP contribution in [0, 0.1) is 5.92 Å². The largest absolute Gasteiger partial charge is 0.305 e. The van der Waals surface area contributed by atoms with E-state index in [0.717, 1.165) is 11.8 Å². The molecule has 1 saturated carbocycles. The molecule has 0 radical (unpaired) electrons. The molecule has 1 aromatic carbocycles. The van der Waals surface area contributed by atoms with Gasteiger partial charge in [0.05, 0.1) is 0 Å². The summed E-state index contributed by atoms with van der Waals surface area (Å²) < 4.78 is 0. The Morgan fingerprint density at radius 2 is 2.19 bits per heavy atom. The minimum atomic E-state index is 0.528. The first-order valence-electron chi connectivity index (χ1n) is 6.57. The summed E-state index contributed by atoms with van der Waals surface area (Å²) in [7, 11) is 2.29. The lowest BCUT2D eigenvalue weighted by atomic mass is 9.54. The van der Waals surface area contributed by atoms with Gasteiger partial charge in [-0.3, -0.25) is 0 Å². The normalized spacial score (nSPS) is 40.8. The number of fused-ring (bicyclic) bond motifs is 1. The van der Waals surface area contributed by atoms with Gasteiger partial charge in [-0.1, -0.05) is 24.3 Å². The average molecular weight is 213 g/mol. The number of rotatable bonds is 0. The topological polar surface area (TPSA) is 3.24 Å². The summed E-state index contributed by atoms with van der Waals surface area (Å²) in [6.07, 6.45) is 4.31. The molecule has 16 heavy (non-hydrogen) atoms. The van der Waals surface area contributed by atoms with Gasteiger partial charge in [0.15, 0.2) is 0 Å². The summed E-state index contributed by atoms with van der Waals surface area (Å²) in [5.74, 6) is 1.81. The smallest absolute Gasteiger partial charge is 0.0124 e. The van der Waals surface area contributed by atoms with Crippen molar-refractivity contribution < 1.29 is 0 Å². The highest BCUT2D eigenvalue weighted by atomic mass is 15.1. The molecule has 1 spiro atoms. The molecular weight excluding hydrogens is 194 g/mol. The van der Waals surface area contributed by atoms with E-state index in [4.69, 9.17) is 0 Å². The quantitative estimate of drug-likeness (QED) is 0.640. The molecule has 3 atom stereocenters. The van der Waals surface area contributed by atoms with Crippen molar-refractivity contribution >= 4 is 0 Å². The highest BCUT2D eigenvalue weighted by Crippen LogP contribution is 2.58. The van der Waals surface area contributed by atoms with Gasteiger partial charge in [0.2, 0.25) is 0 Å². The minimum absolute atomic E-state index is 0.528. The maximum Gasteiger partial charge on any atom is 0.0124 e. The van der Waals surface area contributed by atoms with Crippen LogP contribution in [0.3, 0.4) is 0 Å². The van der Waals surface area contributed by atoms with Crippen molar-refractivity contribution in [3.63, 3.8) is 0 Å². The molecule has 1 heteroatoms. The molecule has 5 rings (SSSR count). The monoisotopic (exact) mass is 213 g/mol. The van der Waals surface area contributed by atoms with Crippen LogP contribution in [-0.2, 0) is 5.41 Å². The van der Waals surface area contributed by atoms with Gasteiger partial charge < -0.3 is 4.90 Å². The summed E-state index contributed by atoms with van der Waals surface area (Å²) in [5, 5.41) is 0. The minimum Gasteiger partial charge on any atom is -0.305 e. The van der Waals surface area contributed by atoms with Crippen molar-refractivity contribution in [3.05, 3.63) is 35.4 Å². The van der Waals surface area contributed by atoms with E-state index in [1.54, 1.807) is 11.1 Å². The van der Waals surface area contributed by atoms with E-state index in [9.17, 15) is 0 Å². The van der Waals surface area contributed by atoms with Crippen molar-refractivity contribution in [1.29, 1.82) is 0 Å². The second-order valence-electron chi connectivity index (χ2n) is 6.11. The molecule has 1 saturated heterocycles. The van der Waals surface area contributed by atoms with Gasteiger partial charge in [0.25, 0.3) is 0 Å². The molecule has 4 aliphatic rings. The fourth-order valence-electron chi connectivity index (χ4n) is 4.73. The van der Waals surface area contributed by atoms with Crippen LogP contribution in [0.5, 0.6) is 0 Å². The summed E-state index contributed by atoms with van der Waals surface area (Å²) >= 11 is 0. The summed E-state index contributed by atoms with van der Waals surface area (Å²) in [5.41, 5.74) is 3.91. The molecule has 3 unspecified atom stereocenters. The molecule has 3 aliphatic carbocycles. The zero-order valence-corrected chi connectivity index (χ0v) is 9.95. The van der Waals surface area contributed by atoms with Crippen LogP contribution in [0.25, 0.3) is 0 Å². The Bertz CT molecular complexity index is 439. The first kappa shape index (κ1) is 9.23. The van der Waals surface area contributed by atoms with E-state index in [1.165, 1.54) is 32.4 Å². The molecular formula is C15H19N. The molecule has 84 valence electrons. The van der Waals surface area contributed by atoms with E-state index in [-0.39, 0.29) is 0 Å². The number of nitrogens with zero attached hydrogens (tertiary/aromatic N) is 1. The lowest BCUT2D eigenvalue weighted by Gasteiger charge is -2.49. The van der Waals surface area contributed by atoms with Gasteiger partial charge in [-0.2, -0.15) is 0 Å². The van der Waals surface area contributed by atoms with Crippen molar-refractivity contribution in [2.75, 3.05) is 20.1 Å². The Morgan fingerprint density at radius 3 is 3.12 bits per heavy atom. The molecule has 0 amide bonds. The number of hydrogen-bond donors (Lipinski definition) is 0. The van der Waals surface area contributed by atoms with Crippen LogP contribution in [0.1, 0.15) is 36.3 Å². The molecule has 0 N–H and O–H groups in total. The van der Waals surface area contributed by atoms with Gasteiger partial charge >= 0.3 is 0 Å². The van der Waals surface area contributed by atoms with Crippen LogP contribution in [-0.4, -0.2) is 25.0 Å². The number of benzene rings is 1. The number of likely N-dealkylation sites (N-methyl/N-ethyl adjacent to an activating group) is 1. The average Bonchev–Trinajstić information content (AvgIpc) is 2.65. The fourth-order valence-corrected chi connectivity index (χ4v) is 4.73. The summed E-state index contributed by atoms with van der Waals surface area (Å²) in [6, 6.07) is 9.26. The first-order chi connectivity index (χ1) is 7.79. The van der Waals surface area contributed by atoms with Crippen molar-refractivity contribution in [3.8, 4) is 0 Å². The maximum absolute atomic E-state index is 2.55. The van der Waals surface area contributed by atoms with Gasteiger partial charge in [-0.25, -0.2) is 0 Å². The summed E-state index contributed by atoms with van der Waals surface area (Å²) in [6.45, 7) is 2.62. The zero-order valence-electron chi connectivity index (χ0n) is 9.95. The highest BCUT2D eigenvalue weighted by molar-refractivity contribution is 5.44. The van der Waals surface area contributed by atoms with Crippen LogP contribution in [0.4, 0.5) is 0 Å². The fraction of sp³-hybridized carbons (Fsp3) is 0.600. The Labute approximate surface area is 97.5 Å². The lowest BCUT2D eigenvalue weighted by Crippen LogP contribution is -2.45. The Hall–Kier alpha value is -0.820. The first-order valence-corrected chi connectivity index (χ1v) is 6.57. The number of hydrogen-bond acceptors (Lipinski definition) is 1. The van der Waals surface area contributed by atoms with Gasteiger partial charge in [0, 0.05) is 18.5 Å². The Morgan fingerprint density at radius 1 is 1.31 bits per heavy atom. The highest BCUT2D eigenvalue weighted by Gasteiger charge is 2.54. The van der Waals surface area contributed by atoms with Gasteiger partial charge in [-0.15, -0.1) is 0 Å². The van der Waals surface area contributed by atoms with E-state index < -0.39 is 0 Å². The third kappa shape index (κ3) is 0.958. The summed E-state index contributed by atoms with van der Waals surface area (Å²) in [4.78, 5) is 2.55. The van der Waals surface area contributed by atoms with Gasteiger partial charge in [-0.05, 0) is 49.3 Å².